The van der Waals surface area contributed by atoms with Crippen molar-refractivity contribution >= 4 is 10.1 Å². The predicted molar refractivity (Wildman–Crippen MR) is 106 cm³/mol. The molecule has 150 valence electrons. The first-order chi connectivity index (χ1) is 12.0. The first-order valence-corrected chi connectivity index (χ1v) is 11.7. The van der Waals surface area contributed by atoms with Crippen LogP contribution in [0.25, 0.3) is 0 Å². The SMILES string of the molecule is CCCCCCCCC=CCCCCCCCCC(CO)S(=O)(=O)O. The molecule has 25 heavy (non-hydrogen) atoms. The molecule has 0 aromatic heterocycles. The monoisotopic (exact) mass is 376 g/mol. The Kier molecular flexibility index (Phi) is 16.8. The minimum Gasteiger partial charge on any atom is -0.395 e. The Bertz CT molecular complexity index is 404. The van der Waals surface area contributed by atoms with Crippen molar-refractivity contribution in [3.05, 3.63) is 12.2 Å². The van der Waals surface area contributed by atoms with Crippen LogP contribution in [0.2, 0.25) is 0 Å². The number of rotatable bonds is 18. The van der Waals surface area contributed by atoms with Gasteiger partial charge in [-0.1, -0.05) is 83.3 Å². The molecule has 2 N–H and O–H groups in total. The molecule has 0 aliphatic heterocycles. The molecule has 1 atom stereocenters. The Morgan fingerprint density at radius 1 is 0.760 bits per heavy atom. The summed E-state index contributed by atoms with van der Waals surface area (Å²) in [5.74, 6) is 0. The van der Waals surface area contributed by atoms with E-state index in [0.717, 1.165) is 25.7 Å². The summed E-state index contributed by atoms with van der Waals surface area (Å²) in [6, 6.07) is 0. The van der Waals surface area contributed by atoms with E-state index in [4.69, 9.17) is 9.66 Å². The topological polar surface area (TPSA) is 74.6 Å². The van der Waals surface area contributed by atoms with Gasteiger partial charge >= 0.3 is 0 Å². The highest BCUT2D eigenvalue weighted by atomic mass is 32.2. The Morgan fingerprint density at radius 3 is 1.64 bits per heavy atom. The van der Waals surface area contributed by atoms with E-state index in [1.54, 1.807) is 0 Å². The lowest BCUT2D eigenvalue weighted by molar-refractivity contribution is 0.276. The van der Waals surface area contributed by atoms with Crippen LogP contribution in [-0.2, 0) is 10.1 Å². The van der Waals surface area contributed by atoms with E-state index in [-0.39, 0.29) is 0 Å². The van der Waals surface area contributed by atoms with Crippen molar-refractivity contribution in [2.45, 2.75) is 108 Å². The minimum atomic E-state index is -4.09. The second-order valence-electron chi connectivity index (χ2n) is 7.05. The highest BCUT2D eigenvalue weighted by Gasteiger charge is 2.20. The zero-order valence-electron chi connectivity index (χ0n) is 16.2. The Morgan fingerprint density at radius 2 is 1.20 bits per heavy atom. The van der Waals surface area contributed by atoms with Crippen LogP contribution in [0.15, 0.2) is 12.2 Å². The lowest BCUT2D eigenvalue weighted by atomic mass is 10.1. The summed E-state index contributed by atoms with van der Waals surface area (Å²) in [5, 5.41) is 7.93. The fraction of sp³-hybridized carbons (Fsp3) is 0.900. The van der Waals surface area contributed by atoms with Crippen molar-refractivity contribution in [1.29, 1.82) is 0 Å². The molecule has 0 aliphatic carbocycles. The van der Waals surface area contributed by atoms with Crippen molar-refractivity contribution in [2.24, 2.45) is 0 Å². The fourth-order valence-corrected chi connectivity index (χ4v) is 3.61. The van der Waals surface area contributed by atoms with Gasteiger partial charge in [0, 0.05) is 0 Å². The zero-order chi connectivity index (χ0) is 18.8. The van der Waals surface area contributed by atoms with Gasteiger partial charge in [0.1, 0.15) is 5.25 Å². The molecule has 0 aromatic rings. The van der Waals surface area contributed by atoms with Crippen LogP contribution in [-0.4, -0.2) is 29.9 Å². The van der Waals surface area contributed by atoms with Crippen LogP contribution < -0.4 is 0 Å². The quantitative estimate of drug-likeness (QED) is 0.184. The van der Waals surface area contributed by atoms with Gasteiger partial charge in [-0.05, 0) is 32.1 Å². The number of hydrogen-bond acceptors (Lipinski definition) is 3. The molecular formula is C20H40O4S. The predicted octanol–water partition coefficient (Wildman–Crippen LogP) is 5.66. The van der Waals surface area contributed by atoms with Crippen LogP contribution in [0, 0.1) is 0 Å². The average Bonchev–Trinajstić information content (AvgIpc) is 2.56. The first kappa shape index (κ1) is 24.6. The van der Waals surface area contributed by atoms with Gasteiger partial charge < -0.3 is 5.11 Å². The van der Waals surface area contributed by atoms with Crippen LogP contribution in [0.1, 0.15) is 103 Å². The van der Waals surface area contributed by atoms with Gasteiger partial charge in [0.15, 0.2) is 0 Å². The van der Waals surface area contributed by atoms with Gasteiger partial charge in [0.2, 0.25) is 0 Å². The molecule has 0 radical (unpaired) electrons. The lowest BCUT2D eigenvalue weighted by Crippen LogP contribution is -2.24. The zero-order valence-corrected chi connectivity index (χ0v) is 17.0. The van der Waals surface area contributed by atoms with Crippen LogP contribution >= 0.6 is 0 Å². The van der Waals surface area contributed by atoms with E-state index in [1.807, 2.05) is 0 Å². The second kappa shape index (κ2) is 17.0. The number of hydrogen-bond donors (Lipinski definition) is 2. The molecule has 0 spiro atoms. The molecule has 5 heteroatoms. The van der Waals surface area contributed by atoms with Gasteiger partial charge in [0.25, 0.3) is 10.1 Å². The fourth-order valence-electron chi connectivity index (χ4n) is 2.95. The molecule has 4 nitrogen and oxygen atoms in total. The molecule has 0 saturated heterocycles. The van der Waals surface area contributed by atoms with Crippen molar-refractivity contribution < 1.29 is 18.1 Å². The smallest absolute Gasteiger partial charge is 0.270 e. The second-order valence-corrected chi connectivity index (χ2v) is 8.74. The van der Waals surface area contributed by atoms with Gasteiger partial charge in [-0.2, -0.15) is 8.42 Å². The summed E-state index contributed by atoms with van der Waals surface area (Å²) in [6.07, 6.45) is 21.9. The largest absolute Gasteiger partial charge is 0.395 e. The summed E-state index contributed by atoms with van der Waals surface area (Å²) < 4.78 is 30.8. The van der Waals surface area contributed by atoms with Crippen LogP contribution in [0.3, 0.4) is 0 Å². The highest BCUT2D eigenvalue weighted by molar-refractivity contribution is 7.86. The van der Waals surface area contributed by atoms with Gasteiger partial charge in [-0.3, -0.25) is 4.55 Å². The molecule has 0 bridgehead atoms. The molecule has 0 fully saturated rings. The van der Waals surface area contributed by atoms with Crippen molar-refractivity contribution in [3.63, 3.8) is 0 Å². The Labute approximate surface area is 155 Å². The highest BCUT2D eigenvalue weighted by Crippen LogP contribution is 2.13. The molecule has 0 aliphatic rings. The summed E-state index contributed by atoms with van der Waals surface area (Å²) >= 11 is 0. The number of unbranched alkanes of at least 4 members (excludes halogenated alkanes) is 12. The third kappa shape index (κ3) is 16.8. The maximum absolute atomic E-state index is 10.9. The van der Waals surface area contributed by atoms with Gasteiger partial charge in [0.05, 0.1) is 6.61 Å². The lowest BCUT2D eigenvalue weighted by Gasteiger charge is -2.10. The van der Waals surface area contributed by atoms with Crippen molar-refractivity contribution in [2.75, 3.05) is 6.61 Å². The normalized spacial score (nSPS) is 13.6. The summed E-state index contributed by atoms with van der Waals surface area (Å²) in [5.41, 5.74) is 0. The summed E-state index contributed by atoms with van der Waals surface area (Å²) in [4.78, 5) is 0. The summed E-state index contributed by atoms with van der Waals surface area (Å²) in [7, 11) is -4.09. The van der Waals surface area contributed by atoms with Gasteiger partial charge in [-0.15, -0.1) is 0 Å². The van der Waals surface area contributed by atoms with E-state index < -0.39 is 22.0 Å². The number of allylic oxidation sites excluding steroid dienone is 2. The van der Waals surface area contributed by atoms with E-state index in [0.29, 0.717) is 6.42 Å². The maximum Gasteiger partial charge on any atom is 0.270 e. The third-order valence-electron chi connectivity index (χ3n) is 4.66. The van der Waals surface area contributed by atoms with E-state index >= 15 is 0 Å². The molecule has 0 amide bonds. The standard InChI is InChI=1S/C20H40O4S/c1-2-3-4-5-6-7-8-9-10-11-12-13-14-15-16-17-18-20(19-21)25(22,23)24/h9-10,20-21H,2-8,11-19H2,1H3,(H,22,23,24). The van der Waals surface area contributed by atoms with Crippen molar-refractivity contribution in [1.82, 2.24) is 0 Å². The molecule has 0 saturated carbocycles. The van der Waals surface area contributed by atoms with E-state index in [1.165, 1.54) is 64.2 Å². The average molecular weight is 377 g/mol. The number of aliphatic hydroxyl groups excluding tert-OH is 1. The first-order valence-electron chi connectivity index (χ1n) is 10.2. The minimum absolute atomic E-state index is 0.344. The maximum atomic E-state index is 10.9. The Balaban J connectivity index is 3.32. The molecule has 0 aromatic carbocycles. The molecule has 0 heterocycles. The molecular weight excluding hydrogens is 336 g/mol. The third-order valence-corrected chi connectivity index (χ3v) is 5.89. The van der Waals surface area contributed by atoms with Crippen molar-refractivity contribution in [3.8, 4) is 0 Å². The Hall–Kier alpha value is -0.390. The molecule has 0 rings (SSSR count). The molecule has 1 unspecified atom stereocenters. The van der Waals surface area contributed by atoms with E-state index in [9.17, 15) is 8.42 Å². The number of aliphatic hydroxyl groups is 1. The van der Waals surface area contributed by atoms with Gasteiger partial charge in [-0.25, -0.2) is 0 Å². The van der Waals surface area contributed by atoms with Crippen LogP contribution in [0.4, 0.5) is 0 Å². The van der Waals surface area contributed by atoms with Crippen LogP contribution in [0.5, 0.6) is 0 Å². The summed E-state index contributed by atoms with van der Waals surface area (Å²) in [6.45, 7) is 1.75. The van der Waals surface area contributed by atoms with E-state index in [2.05, 4.69) is 19.1 Å².